The molecule has 0 bridgehead atoms. The largest absolute Gasteiger partial charge is 0.481 e. The molecule has 1 saturated heterocycles. The van der Waals surface area contributed by atoms with Gasteiger partial charge in [-0.05, 0) is 30.7 Å². The fraction of sp³-hybridized carbons (Fsp3) is 0.421. The van der Waals surface area contributed by atoms with Crippen LogP contribution in [0.2, 0.25) is 5.02 Å². The quantitative estimate of drug-likeness (QED) is 0.897. The Morgan fingerprint density at radius 2 is 1.96 bits per heavy atom. The minimum absolute atomic E-state index is 0.0737. The first-order chi connectivity index (χ1) is 12.4. The second kappa shape index (κ2) is 6.13. The third-order valence-corrected chi connectivity index (χ3v) is 6.05. The van der Waals surface area contributed by atoms with E-state index in [1.54, 1.807) is 28.9 Å². The van der Waals surface area contributed by atoms with Crippen LogP contribution in [0.15, 0.2) is 30.5 Å². The molecule has 1 saturated carbocycles. The number of nitrogens with zero attached hydrogens (tertiary/aromatic N) is 3. The lowest BCUT2D eigenvalue weighted by molar-refractivity contribution is -0.139. The predicted octanol–water partition coefficient (Wildman–Crippen LogP) is 3.07. The molecule has 2 aromatic rings. The van der Waals surface area contributed by atoms with E-state index >= 15 is 0 Å². The fourth-order valence-electron chi connectivity index (χ4n) is 4.07. The molecule has 1 spiro atoms. The average molecular weight is 374 g/mol. The second-order valence-electron chi connectivity index (χ2n) is 7.29. The van der Waals surface area contributed by atoms with Gasteiger partial charge in [-0.3, -0.25) is 14.3 Å². The lowest BCUT2D eigenvalue weighted by Gasteiger charge is -2.32. The summed E-state index contributed by atoms with van der Waals surface area (Å²) < 4.78 is 1.62. The Hall–Kier alpha value is -2.34. The normalized spacial score (nSPS) is 21.0. The number of aromatic nitrogens is 2. The van der Waals surface area contributed by atoms with E-state index in [-0.39, 0.29) is 17.2 Å². The highest BCUT2D eigenvalue weighted by atomic mass is 35.5. The monoisotopic (exact) mass is 373 g/mol. The van der Waals surface area contributed by atoms with Crippen molar-refractivity contribution in [3.05, 3.63) is 41.0 Å². The molecule has 4 rings (SSSR count). The van der Waals surface area contributed by atoms with Crippen molar-refractivity contribution in [2.45, 2.75) is 19.3 Å². The number of aliphatic carboxylic acids is 1. The van der Waals surface area contributed by atoms with Crippen molar-refractivity contribution in [3.8, 4) is 11.3 Å². The van der Waals surface area contributed by atoms with Crippen LogP contribution < -0.4 is 0 Å². The molecule has 136 valence electrons. The van der Waals surface area contributed by atoms with Crippen molar-refractivity contribution in [1.82, 2.24) is 14.7 Å². The second-order valence-corrected chi connectivity index (χ2v) is 7.70. The Labute approximate surface area is 156 Å². The number of likely N-dealkylation sites (tertiary alicyclic amines) is 1. The number of carbonyl (C=O) groups is 2. The van der Waals surface area contributed by atoms with Crippen LogP contribution in [0.4, 0.5) is 0 Å². The van der Waals surface area contributed by atoms with Gasteiger partial charge in [0.05, 0.1) is 16.5 Å². The molecule has 1 amide bonds. The number of carbonyl (C=O) groups excluding carboxylic acids is 1. The maximum Gasteiger partial charge on any atom is 0.307 e. The number of carboxylic acids is 1. The van der Waals surface area contributed by atoms with E-state index in [0.29, 0.717) is 29.4 Å². The van der Waals surface area contributed by atoms with Gasteiger partial charge in [0.15, 0.2) is 0 Å². The van der Waals surface area contributed by atoms with Gasteiger partial charge < -0.3 is 10.0 Å². The van der Waals surface area contributed by atoms with Crippen LogP contribution >= 0.6 is 11.6 Å². The summed E-state index contributed by atoms with van der Waals surface area (Å²) in [5.74, 6) is -1.02. The molecule has 1 unspecified atom stereocenters. The molecule has 7 heteroatoms. The summed E-state index contributed by atoms with van der Waals surface area (Å²) in [5, 5.41) is 14.2. The Morgan fingerprint density at radius 1 is 1.27 bits per heavy atom. The van der Waals surface area contributed by atoms with Gasteiger partial charge in [-0.2, -0.15) is 5.10 Å². The summed E-state index contributed by atoms with van der Waals surface area (Å²) in [6.45, 7) is 1.17. The summed E-state index contributed by atoms with van der Waals surface area (Å²) in [4.78, 5) is 26.1. The molecular formula is C19H20ClN3O3. The van der Waals surface area contributed by atoms with Crippen LogP contribution in [-0.4, -0.2) is 44.8 Å². The van der Waals surface area contributed by atoms with Crippen molar-refractivity contribution in [1.29, 1.82) is 0 Å². The molecule has 1 aromatic carbocycles. The first kappa shape index (κ1) is 17.1. The third-order valence-electron chi connectivity index (χ3n) is 5.72. The number of benzene rings is 1. The SMILES string of the molecule is Cn1cc(C(=O)N2CCC3(CC2)CC3C(=O)O)c(-c2ccccc2Cl)n1. The molecule has 2 fully saturated rings. The Balaban J connectivity index is 1.55. The maximum atomic E-state index is 13.1. The van der Waals surface area contributed by atoms with Gasteiger partial charge in [0, 0.05) is 31.9 Å². The highest BCUT2D eigenvalue weighted by Crippen LogP contribution is 2.59. The smallest absolute Gasteiger partial charge is 0.307 e. The molecule has 0 radical (unpaired) electrons. The van der Waals surface area contributed by atoms with Gasteiger partial charge in [0.1, 0.15) is 5.69 Å². The molecule has 1 atom stereocenters. The van der Waals surface area contributed by atoms with Gasteiger partial charge in [-0.1, -0.05) is 29.8 Å². The van der Waals surface area contributed by atoms with Gasteiger partial charge in [-0.25, -0.2) is 0 Å². The lowest BCUT2D eigenvalue weighted by Crippen LogP contribution is -2.40. The first-order valence-electron chi connectivity index (χ1n) is 8.72. The molecule has 1 aliphatic heterocycles. The molecule has 26 heavy (non-hydrogen) atoms. The molecule has 1 aliphatic carbocycles. The zero-order valence-corrected chi connectivity index (χ0v) is 15.2. The number of hydrogen-bond acceptors (Lipinski definition) is 3. The Kier molecular flexibility index (Phi) is 4.03. The van der Waals surface area contributed by atoms with Crippen molar-refractivity contribution < 1.29 is 14.7 Å². The summed E-state index contributed by atoms with van der Waals surface area (Å²) >= 11 is 6.29. The van der Waals surface area contributed by atoms with Crippen molar-refractivity contribution in [2.24, 2.45) is 18.4 Å². The lowest BCUT2D eigenvalue weighted by atomic mass is 9.90. The standard InChI is InChI=1S/C19H20ClN3O3/c1-22-11-13(16(21-22)12-4-2-3-5-15(12)20)17(24)23-8-6-19(7-9-23)10-14(19)18(25)26/h2-5,11,14H,6-10H2,1H3,(H,25,26). The van der Waals surface area contributed by atoms with E-state index in [1.165, 1.54) is 0 Å². The third kappa shape index (κ3) is 2.78. The van der Waals surface area contributed by atoms with Crippen LogP contribution in [-0.2, 0) is 11.8 Å². The summed E-state index contributed by atoms with van der Waals surface area (Å²) in [5.41, 5.74) is 1.75. The number of rotatable bonds is 3. The molecule has 2 aliphatic rings. The minimum Gasteiger partial charge on any atom is -0.481 e. The maximum absolute atomic E-state index is 13.1. The average Bonchev–Trinajstić information content (AvgIpc) is 3.18. The van der Waals surface area contributed by atoms with Crippen molar-refractivity contribution in [2.75, 3.05) is 13.1 Å². The van der Waals surface area contributed by atoms with E-state index in [2.05, 4.69) is 5.10 Å². The van der Waals surface area contributed by atoms with Crippen LogP contribution in [0.25, 0.3) is 11.3 Å². The number of piperidine rings is 1. The van der Waals surface area contributed by atoms with Gasteiger partial charge in [0.2, 0.25) is 0 Å². The zero-order valence-electron chi connectivity index (χ0n) is 14.5. The number of carboxylic acid groups (broad SMARTS) is 1. The zero-order chi connectivity index (χ0) is 18.5. The number of aryl methyl sites for hydroxylation is 1. The van der Waals surface area contributed by atoms with Crippen LogP contribution in [0, 0.1) is 11.3 Å². The highest BCUT2D eigenvalue weighted by Gasteiger charge is 2.59. The molecule has 2 heterocycles. The Morgan fingerprint density at radius 3 is 2.58 bits per heavy atom. The van der Waals surface area contributed by atoms with Gasteiger partial charge >= 0.3 is 5.97 Å². The summed E-state index contributed by atoms with van der Waals surface area (Å²) in [6, 6.07) is 7.35. The number of halogens is 1. The highest BCUT2D eigenvalue weighted by molar-refractivity contribution is 6.33. The van der Waals surface area contributed by atoms with E-state index in [4.69, 9.17) is 11.6 Å². The number of amides is 1. The molecule has 1 N–H and O–H groups in total. The number of hydrogen-bond donors (Lipinski definition) is 1. The first-order valence-corrected chi connectivity index (χ1v) is 9.10. The predicted molar refractivity (Wildman–Crippen MR) is 97.0 cm³/mol. The summed E-state index contributed by atoms with van der Waals surface area (Å²) in [7, 11) is 1.78. The summed E-state index contributed by atoms with van der Waals surface area (Å²) in [6.07, 6.45) is 3.96. The topological polar surface area (TPSA) is 75.4 Å². The van der Waals surface area contributed by atoms with E-state index in [0.717, 1.165) is 24.8 Å². The molecule has 6 nitrogen and oxygen atoms in total. The van der Waals surface area contributed by atoms with E-state index < -0.39 is 5.97 Å². The van der Waals surface area contributed by atoms with Gasteiger partial charge in [-0.15, -0.1) is 0 Å². The van der Waals surface area contributed by atoms with E-state index in [1.807, 2.05) is 18.2 Å². The van der Waals surface area contributed by atoms with Crippen molar-refractivity contribution in [3.63, 3.8) is 0 Å². The van der Waals surface area contributed by atoms with Gasteiger partial charge in [0.25, 0.3) is 5.91 Å². The molecule has 1 aromatic heterocycles. The Bertz CT molecular complexity index is 884. The molecular weight excluding hydrogens is 354 g/mol. The fourth-order valence-corrected chi connectivity index (χ4v) is 4.30. The van der Waals surface area contributed by atoms with Crippen molar-refractivity contribution >= 4 is 23.5 Å². The minimum atomic E-state index is -0.710. The van der Waals surface area contributed by atoms with Crippen LogP contribution in [0.3, 0.4) is 0 Å². The van der Waals surface area contributed by atoms with Crippen LogP contribution in [0.1, 0.15) is 29.6 Å². The van der Waals surface area contributed by atoms with Crippen LogP contribution in [0.5, 0.6) is 0 Å². The van der Waals surface area contributed by atoms with E-state index in [9.17, 15) is 14.7 Å².